The standard InChI is InChI=1S/C15H13N5O2S/c1-3-5-11-6-4-7-13(20-15(21)19(2)17-18-20)12(11)10-22-14-16-8-9-23-14/h4,6-9H,10H2,1-2H3. The first kappa shape index (κ1) is 15.0. The molecule has 1 aromatic carbocycles. The quantitative estimate of drug-likeness (QED) is 0.677. The Bertz CT molecular complexity index is 931. The fourth-order valence-electron chi connectivity index (χ4n) is 2.06. The second kappa shape index (κ2) is 6.46. The minimum Gasteiger partial charge on any atom is -0.465 e. The molecule has 7 nitrogen and oxygen atoms in total. The third-order valence-corrected chi connectivity index (χ3v) is 3.79. The van der Waals surface area contributed by atoms with E-state index in [4.69, 9.17) is 4.74 Å². The Balaban J connectivity index is 2.07. The van der Waals surface area contributed by atoms with Gasteiger partial charge in [0.1, 0.15) is 6.61 Å². The molecule has 2 heterocycles. The first-order valence-electron chi connectivity index (χ1n) is 6.77. The maximum absolute atomic E-state index is 12.1. The number of thiazole rings is 1. The van der Waals surface area contributed by atoms with Crippen LogP contribution < -0.4 is 10.4 Å². The van der Waals surface area contributed by atoms with Gasteiger partial charge in [-0.05, 0) is 29.5 Å². The van der Waals surface area contributed by atoms with E-state index in [1.54, 1.807) is 26.2 Å². The van der Waals surface area contributed by atoms with E-state index in [1.807, 2.05) is 17.5 Å². The lowest BCUT2D eigenvalue weighted by atomic mass is 10.1. The Kier molecular flexibility index (Phi) is 4.21. The Morgan fingerprint density at radius 3 is 2.87 bits per heavy atom. The second-order valence-electron chi connectivity index (χ2n) is 4.56. The SMILES string of the molecule is CC#Cc1cccc(-n2nnn(C)c2=O)c1COc1nccs1. The third-order valence-electron chi connectivity index (χ3n) is 3.11. The molecular formula is C15H13N5O2S. The van der Waals surface area contributed by atoms with Crippen molar-refractivity contribution >= 4 is 11.3 Å². The Morgan fingerprint density at radius 2 is 2.22 bits per heavy atom. The number of hydrogen-bond acceptors (Lipinski definition) is 6. The summed E-state index contributed by atoms with van der Waals surface area (Å²) in [6, 6.07) is 5.49. The van der Waals surface area contributed by atoms with Crippen molar-refractivity contribution in [3.63, 3.8) is 0 Å². The summed E-state index contributed by atoms with van der Waals surface area (Å²) in [5.41, 5.74) is 1.81. The van der Waals surface area contributed by atoms with Crippen LogP contribution in [0.2, 0.25) is 0 Å². The van der Waals surface area contributed by atoms with Crippen LogP contribution in [0.3, 0.4) is 0 Å². The van der Waals surface area contributed by atoms with Crippen LogP contribution in [0.4, 0.5) is 0 Å². The molecular weight excluding hydrogens is 314 g/mol. The van der Waals surface area contributed by atoms with Gasteiger partial charge in [0, 0.05) is 29.8 Å². The number of hydrogen-bond donors (Lipinski definition) is 0. The molecule has 0 saturated carbocycles. The van der Waals surface area contributed by atoms with Crippen molar-refractivity contribution in [3.8, 4) is 22.7 Å². The van der Waals surface area contributed by atoms with E-state index in [-0.39, 0.29) is 12.3 Å². The molecule has 0 radical (unpaired) electrons. The fraction of sp³-hybridized carbons (Fsp3) is 0.200. The molecule has 0 atom stereocenters. The summed E-state index contributed by atoms with van der Waals surface area (Å²) in [4.78, 5) is 16.2. The lowest BCUT2D eigenvalue weighted by Crippen LogP contribution is -2.23. The summed E-state index contributed by atoms with van der Waals surface area (Å²) >= 11 is 1.40. The number of benzene rings is 1. The van der Waals surface area contributed by atoms with Crippen molar-refractivity contribution in [1.29, 1.82) is 0 Å². The normalized spacial score (nSPS) is 10.2. The first-order chi connectivity index (χ1) is 11.2. The zero-order valence-corrected chi connectivity index (χ0v) is 13.4. The van der Waals surface area contributed by atoms with Crippen LogP contribution in [-0.2, 0) is 13.7 Å². The van der Waals surface area contributed by atoms with Gasteiger partial charge in [-0.2, -0.15) is 9.36 Å². The van der Waals surface area contributed by atoms with Crippen LogP contribution >= 0.6 is 11.3 Å². The highest BCUT2D eigenvalue weighted by Crippen LogP contribution is 2.21. The van der Waals surface area contributed by atoms with Crippen LogP contribution in [0.5, 0.6) is 5.19 Å². The largest absolute Gasteiger partial charge is 0.465 e. The first-order valence-corrected chi connectivity index (χ1v) is 7.65. The highest BCUT2D eigenvalue weighted by molar-refractivity contribution is 7.11. The Hall–Kier alpha value is -2.92. The second-order valence-corrected chi connectivity index (χ2v) is 5.42. The van der Waals surface area contributed by atoms with E-state index < -0.39 is 0 Å². The molecule has 0 bridgehead atoms. The molecule has 0 fully saturated rings. The number of aromatic nitrogens is 5. The fourth-order valence-corrected chi connectivity index (χ4v) is 2.54. The molecule has 3 aromatic rings. The predicted octanol–water partition coefficient (Wildman–Crippen LogP) is 1.37. The van der Waals surface area contributed by atoms with Gasteiger partial charge in [0.2, 0.25) is 0 Å². The molecule has 0 aliphatic carbocycles. The van der Waals surface area contributed by atoms with Crippen molar-refractivity contribution in [1.82, 2.24) is 24.8 Å². The van der Waals surface area contributed by atoms with Gasteiger partial charge in [0.25, 0.3) is 5.19 Å². The van der Waals surface area contributed by atoms with Gasteiger partial charge in [-0.15, -0.1) is 5.92 Å². The van der Waals surface area contributed by atoms with Gasteiger partial charge in [-0.1, -0.05) is 23.3 Å². The molecule has 23 heavy (non-hydrogen) atoms. The van der Waals surface area contributed by atoms with E-state index >= 15 is 0 Å². The van der Waals surface area contributed by atoms with Gasteiger partial charge < -0.3 is 4.74 Å². The van der Waals surface area contributed by atoms with E-state index in [1.165, 1.54) is 20.7 Å². The van der Waals surface area contributed by atoms with Gasteiger partial charge in [-0.3, -0.25) is 0 Å². The van der Waals surface area contributed by atoms with Crippen LogP contribution in [0.15, 0.2) is 34.6 Å². The molecule has 0 saturated heterocycles. The molecule has 3 rings (SSSR count). The molecule has 0 aliphatic heterocycles. The minimum absolute atomic E-state index is 0.233. The van der Waals surface area contributed by atoms with Gasteiger partial charge in [0.05, 0.1) is 5.69 Å². The summed E-state index contributed by atoms with van der Waals surface area (Å²) in [7, 11) is 1.55. The monoisotopic (exact) mass is 327 g/mol. The summed E-state index contributed by atoms with van der Waals surface area (Å²) in [6.45, 7) is 1.99. The minimum atomic E-state index is -0.331. The lowest BCUT2D eigenvalue weighted by molar-refractivity contribution is 0.303. The van der Waals surface area contributed by atoms with Crippen LogP contribution in [0, 0.1) is 11.8 Å². The zero-order chi connectivity index (χ0) is 16.2. The maximum Gasteiger partial charge on any atom is 0.368 e. The van der Waals surface area contributed by atoms with E-state index in [9.17, 15) is 4.79 Å². The summed E-state index contributed by atoms with van der Waals surface area (Å²) < 4.78 is 8.10. The number of nitrogens with zero attached hydrogens (tertiary/aromatic N) is 5. The molecule has 0 aliphatic rings. The molecule has 2 aromatic heterocycles. The number of rotatable bonds is 4. The highest BCUT2D eigenvalue weighted by atomic mass is 32.1. The molecule has 0 N–H and O–H groups in total. The van der Waals surface area contributed by atoms with Crippen molar-refractivity contribution in [2.45, 2.75) is 13.5 Å². The molecule has 116 valence electrons. The summed E-state index contributed by atoms with van der Waals surface area (Å²) in [5.74, 6) is 5.89. The number of ether oxygens (including phenoxy) is 1. The Labute approximate surface area is 136 Å². The molecule has 8 heteroatoms. The van der Waals surface area contributed by atoms with Crippen LogP contribution in [0.1, 0.15) is 18.1 Å². The topological polar surface area (TPSA) is 74.8 Å². The third kappa shape index (κ3) is 3.00. The number of aryl methyl sites for hydroxylation is 1. The predicted molar refractivity (Wildman–Crippen MR) is 85.6 cm³/mol. The van der Waals surface area contributed by atoms with Crippen molar-refractivity contribution in [3.05, 3.63) is 51.4 Å². The Morgan fingerprint density at radius 1 is 1.35 bits per heavy atom. The molecule has 0 amide bonds. The highest BCUT2D eigenvalue weighted by Gasteiger charge is 2.14. The van der Waals surface area contributed by atoms with Crippen molar-refractivity contribution in [2.75, 3.05) is 0 Å². The average molecular weight is 327 g/mol. The lowest BCUT2D eigenvalue weighted by Gasteiger charge is -2.10. The van der Waals surface area contributed by atoms with Gasteiger partial charge in [-0.25, -0.2) is 9.78 Å². The van der Waals surface area contributed by atoms with Gasteiger partial charge in [0.15, 0.2) is 0 Å². The maximum atomic E-state index is 12.1. The number of tetrazole rings is 1. The smallest absolute Gasteiger partial charge is 0.368 e. The summed E-state index contributed by atoms with van der Waals surface area (Å²) in [5, 5.41) is 10.0. The van der Waals surface area contributed by atoms with Gasteiger partial charge >= 0.3 is 5.69 Å². The zero-order valence-electron chi connectivity index (χ0n) is 12.6. The van der Waals surface area contributed by atoms with E-state index in [0.29, 0.717) is 10.9 Å². The molecule has 0 unspecified atom stereocenters. The van der Waals surface area contributed by atoms with E-state index in [2.05, 4.69) is 27.3 Å². The van der Waals surface area contributed by atoms with Crippen molar-refractivity contribution < 1.29 is 4.74 Å². The van der Waals surface area contributed by atoms with Crippen molar-refractivity contribution in [2.24, 2.45) is 7.05 Å². The average Bonchev–Trinajstić information content (AvgIpc) is 3.18. The summed E-state index contributed by atoms with van der Waals surface area (Å²) in [6.07, 6.45) is 1.67. The van der Waals surface area contributed by atoms with Crippen LogP contribution in [-0.4, -0.2) is 24.8 Å². The van der Waals surface area contributed by atoms with E-state index in [0.717, 1.165) is 11.1 Å². The van der Waals surface area contributed by atoms with Crippen LogP contribution in [0.25, 0.3) is 5.69 Å². The molecule has 0 spiro atoms.